The topological polar surface area (TPSA) is 59.4 Å². The molecule has 2 aromatic rings. The van der Waals surface area contributed by atoms with Gasteiger partial charge in [0.2, 0.25) is 0 Å². The number of hydrogen-bond donors (Lipinski definition) is 2. The third-order valence-corrected chi connectivity index (χ3v) is 3.55. The largest absolute Gasteiger partial charge is 0.469 e. The molecule has 1 aromatic heterocycles. The van der Waals surface area contributed by atoms with E-state index >= 15 is 0 Å². The fourth-order valence-electron chi connectivity index (χ4n) is 2.19. The molecule has 0 aliphatic carbocycles. The van der Waals surface area contributed by atoms with Crippen LogP contribution in [0.3, 0.4) is 0 Å². The number of aliphatic hydroxyl groups is 1. The Bertz CT molecular complexity index is 550. The fourth-order valence-corrected chi connectivity index (χ4v) is 2.49. The smallest absolute Gasteiger partial charge is 0.128 e. The summed E-state index contributed by atoms with van der Waals surface area (Å²) < 4.78 is 19.1. The van der Waals surface area contributed by atoms with Crippen molar-refractivity contribution in [3.05, 3.63) is 58.3 Å². The molecule has 0 aliphatic heterocycles. The summed E-state index contributed by atoms with van der Waals surface area (Å²) in [6.45, 7) is 1.81. The van der Waals surface area contributed by atoms with E-state index in [0.29, 0.717) is 11.3 Å². The molecule has 0 amide bonds. The van der Waals surface area contributed by atoms with Gasteiger partial charge in [-0.2, -0.15) is 0 Å². The second-order valence-electron chi connectivity index (χ2n) is 4.35. The molecule has 3 N–H and O–H groups in total. The molecule has 0 saturated carbocycles. The maximum Gasteiger partial charge on any atom is 0.128 e. The first kappa shape index (κ1) is 14.1. The van der Waals surface area contributed by atoms with E-state index in [9.17, 15) is 9.50 Å². The molecule has 2 unspecified atom stereocenters. The van der Waals surface area contributed by atoms with E-state index in [-0.39, 0.29) is 17.1 Å². The lowest BCUT2D eigenvalue weighted by molar-refractivity contribution is 0.144. The van der Waals surface area contributed by atoms with Crippen molar-refractivity contribution < 1.29 is 13.9 Å². The second kappa shape index (κ2) is 5.74. The molecule has 0 saturated heterocycles. The van der Waals surface area contributed by atoms with Gasteiger partial charge < -0.3 is 15.3 Å². The van der Waals surface area contributed by atoms with Gasteiger partial charge in [0, 0.05) is 28.6 Å². The van der Waals surface area contributed by atoms with Gasteiger partial charge in [-0.15, -0.1) is 0 Å². The van der Waals surface area contributed by atoms with Gasteiger partial charge in [0.15, 0.2) is 0 Å². The third kappa shape index (κ3) is 2.66. The van der Waals surface area contributed by atoms with Crippen molar-refractivity contribution in [1.29, 1.82) is 0 Å². The summed E-state index contributed by atoms with van der Waals surface area (Å²) in [7, 11) is 0. The lowest BCUT2D eigenvalue weighted by atomic mass is 9.89. The van der Waals surface area contributed by atoms with Crippen LogP contribution in [0.4, 0.5) is 4.39 Å². The lowest BCUT2D eigenvalue weighted by Gasteiger charge is -2.23. The van der Waals surface area contributed by atoms with Crippen molar-refractivity contribution >= 4 is 11.6 Å². The average molecular weight is 284 g/mol. The van der Waals surface area contributed by atoms with Crippen molar-refractivity contribution in [3.63, 3.8) is 0 Å². The van der Waals surface area contributed by atoms with Crippen LogP contribution >= 0.6 is 11.6 Å². The van der Waals surface area contributed by atoms with Crippen LogP contribution in [0, 0.1) is 12.7 Å². The predicted molar refractivity (Wildman–Crippen MR) is 71.6 cm³/mol. The van der Waals surface area contributed by atoms with Crippen molar-refractivity contribution in [1.82, 2.24) is 0 Å². The molecule has 3 nitrogen and oxygen atoms in total. The summed E-state index contributed by atoms with van der Waals surface area (Å²) in [5.74, 6) is -0.508. The van der Waals surface area contributed by atoms with Gasteiger partial charge in [-0.05, 0) is 25.1 Å². The van der Waals surface area contributed by atoms with Crippen LogP contribution < -0.4 is 5.73 Å². The molecule has 5 heteroatoms. The van der Waals surface area contributed by atoms with Gasteiger partial charge in [0.05, 0.1) is 12.4 Å². The number of furan rings is 1. The molecule has 0 fully saturated rings. The van der Waals surface area contributed by atoms with Gasteiger partial charge >= 0.3 is 0 Å². The molecule has 1 heterocycles. The Morgan fingerprint density at radius 3 is 2.68 bits per heavy atom. The number of nitrogens with two attached hydrogens (primary N) is 1. The van der Waals surface area contributed by atoms with Crippen molar-refractivity contribution in [2.75, 3.05) is 6.54 Å². The van der Waals surface area contributed by atoms with Gasteiger partial charge in [-0.25, -0.2) is 4.39 Å². The van der Waals surface area contributed by atoms with Gasteiger partial charge in [-0.3, -0.25) is 0 Å². The molecule has 102 valence electrons. The number of hydrogen-bond acceptors (Lipinski definition) is 3. The quantitative estimate of drug-likeness (QED) is 0.906. The summed E-state index contributed by atoms with van der Waals surface area (Å²) in [5, 5.41) is 10.6. The van der Waals surface area contributed by atoms with Crippen LogP contribution in [0.25, 0.3) is 0 Å². The molecule has 0 bridgehead atoms. The van der Waals surface area contributed by atoms with Gasteiger partial charge in [0.25, 0.3) is 0 Å². The number of aryl methyl sites for hydroxylation is 1. The highest BCUT2D eigenvalue weighted by Gasteiger charge is 2.28. The minimum absolute atomic E-state index is 0.0758. The average Bonchev–Trinajstić information content (AvgIpc) is 2.79. The zero-order valence-corrected chi connectivity index (χ0v) is 11.2. The summed E-state index contributed by atoms with van der Waals surface area (Å²) in [6, 6.07) is 6.05. The summed E-state index contributed by atoms with van der Waals surface area (Å²) >= 11 is 6.02. The molecule has 2 rings (SSSR count). The number of rotatable bonds is 4. The standard InChI is InChI=1S/C14H15ClFNO2/c1-8-9(5-6-19-8)14(18)10(7-17)13-11(15)3-2-4-12(13)16/h2-6,10,14,18H,7,17H2,1H3. The highest BCUT2D eigenvalue weighted by Crippen LogP contribution is 2.36. The number of halogens is 2. The molecule has 0 aliphatic rings. The highest BCUT2D eigenvalue weighted by molar-refractivity contribution is 6.31. The Morgan fingerprint density at radius 1 is 1.42 bits per heavy atom. The van der Waals surface area contributed by atoms with E-state index in [1.165, 1.54) is 18.4 Å². The SMILES string of the molecule is Cc1occc1C(O)C(CN)c1c(F)cccc1Cl. The van der Waals surface area contributed by atoms with Crippen LogP contribution in [0.5, 0.6) is 0 Å². The van der Waals surface area contributed by atoms with Crippen LogP contribution in [-0.2, 0) is 0 Å². The Balaban J connectivity index is 2.43. The second-order valence-corrected chi connectivity index (χ2v) is 4.76. The summed E-state index contributed by atoms with van der Waals surface area (Å²) in [4.78, 5) is 0. The zero-order valence-electron chi connectivity index (χ0n) is 10.4. The van der Waals surface area contributed by atoms with Crippen molar-refractivity contribution in [2.45, 2.75) is 18.9 Å². The Morgan fingerprint density at radius 2 is 2.16 bits per heavy atom. The van der Waals surface area contributed by atoms with E-state index in [1.807, 2.05) is 0 Å². The van der Waals surface area contributed by atoms with Crippen LogP contribution in [0.2, 0.25) is 5.02 Å². The van der Waals surface area contributed by atoms with Crippen LogP contribution in [-0.4, -0.2) is 11.7 Å². The van der Waals surface area contributed by atoms with E-state index in [1.54, 1.807) is 19.1 Å². The zero-order chi connectivity index (χ0) is 14.0. The molecule has 0 spiro atoms. The predicted octanol–water partition coefficient (Wildman–Crippen LogP) is 3.16. The number of benzene rings is 1. The maximum absolute atomic E-state index is 13.9. The van der Waals surface area contributed by atoms with Gasteiger partial charge in [0.1, 0.15) is 11.6 Å². The first-order valence-electron chi connectivity index (χ1n) is 5.92. The molecule has 0 radical (unpaired) electrons. The summed E-state index contributed by atoms with van der Waals surface area (Å²) in [6.07, 6.45) is 0.517. The minimum atomic E-state index is -0.960. The first-order valence-corrected chi connectivity index (χ1v) is 6.30. The molecular formula is C14H15ClFNO2. The highest BCUT2D eigenvalue weighted by atomic mass is 35.5. The van der Waals surface area contributed by atoms with E-state index < -0.39 is 17.8 Å². The van der Waals surface area contributed by atoms with Gasteiger partial charge in [-0.1, -0.05) is 17.7 Å². The van der Waals surface area contributed by atoms with Crippen LogP contribution in [0.15, 0.2) is 34.9 Å². The Labute approximate surface area is 115 Å². The molecule has 19 heavy (non-hydrogen) atoms. The maximum atomic E-state index is 13.9. The number of aliphatic hydroxyl groups excluding tert-OH is 1. The first-order chi connectivity index (χ1) is 9.06. The molecular weight excluding hydrogens is 269 g/mol. The lowest BCUT2D eigenvalue weighted by Crippen LogP contribution is -2.21. The normalized spacial score (nSPS) is 14.4. The monoisotopic (exact) mass is 283 g/mol. The fraction of sp³-hybridized carbons (Fsp3) is 0.286. The van der Waals surface area contributed by atoms with E-state index in [4.69, 9.17) is 21.8 Å². The molecule has 1 aromatic carbocycles. The van der Waals surface area contributed by atoms with E-state index in [2.05, 4.69) is 0 Å². The van der Waals surface area contributed by atoms with E-state index in [0.717, 1.165) is 0 Å². The minimum Gasteiger partial charge on any atom is -0.469 e. The summed E-state index contributed by atoms with van der Waals surface area (Å²) in [5.41, 5.74) is 6.51. The van der Waals surface area contributed by atoms with Crippen LogP contribution in [0.1, 0.15) is 28.9 Å². The van der Waals surface area contributed by atoms with Crippen molar-refractivity contribution in [2.24, 2.45) is 5.73 Å². The van der Waals surface area contributed by atoms with Crippen molar-refractivity contribution in [3.8, 4) is 0 Å². The Hall–Kier alpha value is -1.36. The molecule has 2 atom stereocenters. The third-order valence-electron chi connectivity index (χ3n) is 3.22. The Kier molecular flexibility index (Phi) is 4.24.